The molecule has 0 unspecified atom stereocenters. The van der Waals surface area contributed by atoms with Gasteiger partial charge in [-0.05, 0) is 38.1 Å². The lowest BCUT2D eigenvalue weighted by molar-refractivity contribution is -0.138. The van der Waals surface area contributed by atoms with Gasteiger partial charge < -0.3 is 50.0 Å². The van der Waals surface area contributed by atoms with Crippen LogP contribution in [0.1, 0.15) is 25.0 Å². The number of anilines is 2. The molecule has 0 saturated carbocycles. The molecule has 4 saturated heterocycles. The highest BCUT2D eigenvalue weighted by molar-refractivity contribution is 5.93. The van der Waals surface area contributed by atoms with Crippen molar-refractivity contribution in [1.82, 2.24) is 41.2 Å². The lowest BCUT2D eigenvalue weighted by atomic mass is 10.1. The second-order valence-corrected chi connectivity index (χ2v) is 14.6. The molecule has 4 aromatic rings. The molecular weight excluding hydrogens is 745 g/mol. The van der Waals surface area contributed by atoms with Crippen molar-refractivity contribution in [2.24, 2.45) is 0 Å². The molecule has 4 fully saturated rings. The fourth-order valence-corrected chi connectivity index (χ4v) is 7.54. The van der Waals surface area contributed by atoms with Gasteiger partial charge in [-0.25, -0.2) is 0 Å². The molecule has 4 aliphatic rings. The van der Waals surface area contributed by atoms with Gasteiger partial charge in [-0.1, -0.05) is 0 Å². The van der Waals surface area contributed by atoms with Crippen molar-refractivity contribution in [1.29, 1.82) is 10.5 Å². The van der Waals surface area contributed by atoms with Gasteiger partial charge in [0.05, 0.1) is 74.2 Å². The average Bonchev–Trinajstić information content (AvgIpc) is 3.27. The van der Waals surface area contributed by atoms with Crippen LogP contribution in [-0.2, 0) is 28.5 Å². The maximum atomic E-state index is 12.7. The predicted octanol–water partition coefficient (Wildman–Crippen LogP) is 0.400. The summed E-state index contributed by atoms with van der Waals surface area (Å²) in [5.74, 6) is -0.282. The van der Waals surface area contributed by atoms with Crippen molar-refractivity contribution in [2.75, 3.05) is 88.6 Å². The van der Waals surface area contributed by atoms with E-state index in [0.717, 1.165) is 24.5 Å². The van der Waals surface area contributed by atoms with Crippen molar-refractivity contribution in [3.8, 4) is 12.1 Å². The Labute approximate surface area is 336 Å². The standard InChI is InChI=1S/2C20H24N6O3/c2*1-13-10-26(16-3-2-14(8-21)18-19(16)24-5-4-23-18)11-17(29-13)20(27)25-9-15-12-28-7-6-22-15/h2*2-5,13,15,17,22H,6-7,9-12H2,1H3,(H,25,27)/t13-,15+,17-;13-,15-,17-/m11/s1. The number of carbonyl (C=O) groups is 2. The SMILES string of the molecule is C[C@@H]1CN(c2ccc(C#N)c3nccnc23)C[C@H](C(=O)NC[C@@H]2COCCN2)O1.C[C@@H]1CN(c2ccc(C#N)c3nccnc23)C[C@H](C(=O)NC[C@H]2COCCN2)O1. The van der Waals surface area contributed by atoms with Gasteiger partial charge in [0.1, 0.15) is 34.2 Å². The lowest BCUT2D eigenvalue weighted by Gasteiger charge is -2.38. The number of benzene rings is 2. The van der Waals surface area contributed by atoms with E-state index in [-0.39, 0.29) is 36.1 Å². The number of ether oxygens (including phenoxy) is 4. The summed E-state index contributed by atoms with van der Waals surface area (Å²) in [5.41, 5.74) is 5.10. The topological polar surface area (TPSA) is 225 Å². The molecule has 304 valence electrons. The van der Waals surface area contributed by atoms with Gasteiger partial charge in [0.25, 0.3) is 11.8 Å². The first kappa shape index (κ1) is 40.6. The van der Waals surface area contributed by atoms with Crippen LogP contribution in [0, 0.1) is 22.7 Å². The number of hydrogen-bond acceptors (Lipinski definition) is 16. The number of nitrogens with one attached hydrogen (secondary N) is 4. The molecule has 18 nitrogen and oxygen atoms in total. The minimum Gasteiger partial charge on any atom is -0.378 e. The average molecular weight is 793 g/mol. The first-order valence-corrected chi connectivity index (χ1v) is 19.6. The van der Waals surface area contributed by atoms with Crippen molar-refractivity contribution < 1.29 is 28.5 Å². The maximum absolute atomic E-state index is 12.7. The predicted molar refractivity (Wildman–Crippen MR) is 213 cm³/mol. The van der Waals surface area contributed by atoms with E-state index in [0.29, 0.717) is 98.9 Å². The number of morpholine rings is 4. The quantitative estimate of drug-likeness (QED) is 0.190. The van der Waals surface area contributed by atoms with Crippen LogP contribution in [-0.4, -0.2) is 147 Å². The fraction of sp³-hybridized carbons (Fsp3) is 0.500. The molecule has 0 spiro atoms. The fourth-order valence-electron chi connectivity index (χ4n) is 7.54. The Hall–Kier alpha value is -5.60. The van der Waals surface area contributed by atoms with Gasteiger partial charge in [0.2, 0.25) is 0 Å². The molecule has 4 N–H and O–H groups in total. The first-order chi connectivity index (χ1) is 28.3. The molecule has 2 amide bonds. The van der Waals surface area contributed by atoms with E-state index in [1.54, 1.807) is 36.9 Å². The van der Waals surface area contributed by atoms with E-state index in [1.165, 1.54) is 0 Å². The van der Waals surface area contributed by atoms with Gasteiger partial charge in [-0.3, -0.25) is 29.5 Å². The third-order valence-electron chi connectivity index (χ3n) is 10.3. The monoisotopic (exact) mass is 792 g/mol. The summed E-state index contributed by atoms with van der Waals surface area (Å²) in [6.07, 6.45) is 4.94. The number of nitrogens with zero attached hydrogens (tertiary/aromatic N) is 8. The van der Waals surface area contributed by atoms with E-state index in [2.05, 4.69) is 63.1 Å². The Bertz CT molecular complexity index is 2000. The van der Waals surface area contributed by atoms with Gasteiger partial charge in [0, 0.05) is 76.1 Å². The minimum atomic E-state index is -0.592. The second kappa shape index (κ2) is 19.2. The highest BCUT2D eigenvalue weighted by atomic mass is 16.5. The molecule has 0 radical (unpaired) electrons. The Kier molecular flexibility index (Phi) is 13.5. The van der Waals surface area contributed by atoms with Gasteiger partial charge in [0.15, 0.2) is 12.2 Å². The van der Waals surface area contributed by atoms with E-state index < -0.39 is 12.2 Å². The third kappa shape index (κ3) is 9.74. The van der Waals surface area contributed by atoms with E-state index in [4.69, 9.17) is 18.9 Å². The molecule has 8 rings (SSSR count). The van der Waals surface area contributed by atoms with E-state index >= 15 is 0 Å². The smallest absolute Gasteiger partial charge is 0.251 e. The number of carbonyl (C=O) groups excluding carboxylic acids is 2. The zero-order valence-corrected chi connectivity index (χ0v) is 32.6. The van der Waals surface area contributed by atoms with Crippen LogP contribution in [0.15, 0.2) is 49.1 Å². The highest BCUT2D eigenvalue weighted by Crippen LogP contribution is 2.30. The number of amides is 2. The number of aromatic nitrogens is 4. The summed E-state index contributed by atoms with van der Waals surface area (Å²) in [6, 6.07) is 11.8. The van der Waals surface area contributed by atoms with Gasteiger partial charge in [-0.2, -0.15) is 10.5 Å². The summed E-state index contributed by atoms with van der Waals surface area (Å²) in [4.78, 5) is 47.1. The normalized spacial score (nSPS) is 24.8. The van der Waals surface area contributed by atoms with E-state index in [9.17, 15) is 20.1 Å². The molecule has 2 aromatic heterocycles. The summed E-state index contributed by atoms with van der Waals surface area (Å²) >= 11 is 0. The molecule has 6 heterocycles. The van der Waals surface area contributed by atoms with Crippen LogP contribution in [0.25, 0.3) is 22.1 Å². The zero-order valence-electron chi connectivity index (χ0n) is 32.6. The molecular formula is C40H48N12O6. The first-order valence-electron chi connectivity index (χ1n) is 19.6. The number of nitriles is 2. The Morgan fingerprint density at radius 2 is 1.09 bits per heavy atom. The van der Waals surface area contributed by atoms with Crippen LogP contribution in [0.4, 0.5) is 11.4 Å². The molecule has 18 heteroatoms. The molecule has 2 aromatic carbocycles. The number of fused-ring (bicyclic) bond motifs is 2. The minimum absolute atomic E-state index is 0.113. The number of hydrogen-bond donors (Lipinski definition) is 4. The molecule has 6 atom stereocenters. The van der Waals surface area contributed by atoms with Crippen molar-refractivity contribution in [2.45, 2.75) is 50.3 Å². The summed E-state index contributed by atoms with van der Waals surface area (Å²) < 4.78 is 22.7. The van der Waals surface area contributed by atoms with Crippen molar-refractivity contribution in [3.05, 3.63) is 60.2 Å². The summed E-state index contributed by atoms with van der Waals surface area (Å²) in [7, 11) is 0. The molecule has 0 bridgehead atoms. The summed E-state index contributed by atoms with van der Waals surface area (Å²) in [6.45, 7) is 11.1. The van der Waals surface area contributed by atoms with E-state index in [1.807, 2.05) is 26.0 Å². The number of rotatable bonds is 8. The van der Waals surface area contributed by atoms with Gasteiger partial charge >= 0.3 is 0 Å². The second-order valence-electron chi connectivity index (χ2n) is 14.6. The van der Waals surface area contributed by atoms with Crippen LogP contribution in [0.3, 0.4) is 0 Å². The van der Waals surface area contributed by atoms with Crippen LogP contribution >= 0.6 is 0 Å². The molecule has 4 aliphatic heterocycles. The van der Waals surface area contributed by atoms with Crippen LogP contribution < -0.4 is 31.1 Å². The zero-order chi connectivity index (χ0) is 40.4. The van der Waals surface area contributed by atoms with Gasteiger partial charge in [-0.15, -0.1) is 0 Å². The van der Waals surface area contributed by atoms with Crippen molar-refractivity contribution in [3.63, 3.8) is 0 Å². The van der Waals surface area contributed by atoms with Crippen LogP contribution in [0.2, 0.25) is 0 Å². The maximum Gasteiger partial charge on any atom is 0.251 e. The largest absolute Gasteiger partial charge is 0.378 e. The Morgan fingerprint density at radius 3 is 1.47 bits per heavy atom. The Morgan fingerprint density at radius 1 is 0.672 bits per heavy atom. The van der Waals surface area contributed by atoms with Crippen molar-refractivity contribution >= 4 is 45.3 Å². The summed E-state index contributed by atoms with van der Waals surface area (Å²) in [5, 5.41) is 31.3. The lowest BCUT2D eigenvalue weighted by Crippen LogP contribution is -2.55. The molecule has 0 aliphatic carbocycles. The molecule has 58 heavy (non-hydrogen) atoms. The third-order valence-corrected chi connectivity index (χ3v) is 10.3. The van der Waals surface area contributed by atoms with Crippen LogP contribution in [0.5, 0.6) is 0 Å². The Balaban J connectivity index is 0.000000177. The highest BCUT2D eigenvalue weighted by Gasteiger charge is 2.34.